The van der Waals surface area contributed by atoms with Crippen molar-refractivity contribution in [2.45, 2.75) is 59.0 Å². The number of thiophene rings is 1. The van der Waals surface area contributed by atoms with Gasteiger partial charge in [-0.2, -0.15) is 0 Å². The van der Waals surface area contributed by atoms with Crippen LogP contribution in [0.3, 0.4) is 0 Å². The number of likely N-dealkylation sites (N-methyl/N-ethyl adjacent to an activating group) is 1. The van der Waals surface area contributed by atoms with Crippen LogP contribution in [0.5, 0.6) is 0 Å². The molecule has 0 fully saturated rings. The number of aryl methyl sites for hydroxylation is 2. The van der Waals surface area contributed by atoms with Gasteiger partial charge in [0.05, 0.1) is 11.9 Å². The lowest BCUT2D eigenvalue weighted by molar-refractivity contribution is -0.904. The van der Waals surface area contributed by atoms with Gasteiger partial charge in [0, 0.05) is 10.4 Å². The van der Waals surface area contributed by atoms with Gasteiger partial charge in [-0.25, -0.2) is 4.98 Å². The molecule has 0 aromatic carbocycles. The fraction of sp³-hybridized carbons (Fsp3) is 0.611. The lowest BCUT2D eigenvalue weighted by Crippen LogP contribution is -3.11. The average Bonchev–Trinajstić information content (AvgIpc) is 3.04. The lowest BCUT2D eigenvalue weighted by atomic mass is 10.1. The van der Waals surface area contributed by atoms with E-state index in [1.54, 1.807) is 11.3 Å². The molecule has 2 heterocycles. The fourth-order valence-electron chi connectivity index (χ4n) is 3.37. The molecule has 0 radical (unpaired) electrons. The van der Waals surface area contributed by atoms with E-state index in [4.69, 9.17) is 0 Å². The SMILES string of the molecule is CC[NH+](CC(=O)NC(C)(C)C)Cc1nc2sc3c(c2c(=O)[nH]1)CCC3. The third-order valence-corrected chi connectivity index (χ3v) is 5.65. The fourth-order valence-corrected chi connectivity index (χ4v) is 4.65. The summed E-state index contributed by atoms with van der Waals surface area (Å²) < 4.78 is 0. The van der Waals surface area contributed by atoms with Crippen LogP contribution in [0.15, 0.2) is 4.79 Å². The Hall–Kier alpha value is -1.73. The molecule has 136 valence electrons. The Labute approximate surface area is 151 Å². The predicted molar refractivity (Wildman–Crippen MR) is 100 cm³/mol. The predicted octanol–water partition coefficient (Wildman–Crippen LogP) is 0.793. The number of hydrogen-bond acceptors (Lipinski definition) is 4. The molecule has 7 heteroatoms. The molecule has 2 aromatic heterocycles. The van der Waals surface area contributed by atoms with Gasteiger partial charge in [0.1, 0.15) is 11.4 Å². The molecule has 2 aromatic rings. The minimum Gasteiger partial charge on any atom is -0.347 e. The van der Waals surface area contributed by atoms with Gasteiger partial charge in [0.15, 0.2) is 12.4 Å². The van der Waals surface area contributed by atoms with Gasteiger partial charge in [0.2, 0.25) is 0 Å². The molecule has 3 rings (SSSR count). The second-order valence-electron chi connectivity index (χ2n) is 7.81. The van der Waals surface area contributed by atoms with Crippen LogP contribution >= 0.6 is 11.3 Å². The van der Waals surface area contributed by atoms with Gasteiger partial charge >= 0.3 is 0 Å². The van der Waals surface area contributed by atoms with Crippen LogP contribution in [0, 0.1) is 0 Å². The number of rotatable bonds is 5. The summed E-state index contributed by atoms with van der Waals surface area (Å²) in [6.07, 6.45) is 3.18. The van der Waals surface area contributed by atoms with E-state index in [0.29, 0.717) is 18.9 Å². The highest BCUT2D eigenvalue weighted by Crippen LogP contribution is 2.34. The standard InChI is InChI=1S/C18H26N4O2S/c1-5-22(10-14(23)21-18(2,3)4)9-13-19-16(24)15-11-7-6-8-12(11)25-17(15)20-13/h5-10H2,1-4H3,(H,21,23)(H,19,20,24)/p+1. The number of hydrogen-bond donors (Lipinski definition) is 3. The molecule has 3 N–H and O–H groups in total. The summed E-state index contributed by atoms with van der Waals surface area (Å²) in [5.74, 6) is 0.681. The Bertz CT molecular complexity index is 847. The first-order valence-corrected chi connectivity index (χ1v) is 9.76. The van der Waals surface area contributed by atoms with Crippen molar-refractivity contribution < 1.29 is 9.69 Å². The zero-order valence-electron chi connectivity index (χ0n) is 15.4. The quantitative estimate of drug-likeness (QED) is 0.735. The molecular formula is C18H27N4O2S+. The molecule has 1 amide bonds. The molecular weight excluding hydrogens is 336 g/mol. The molecule has 0 bridgehead atoms. The van der Waals surface area contributed by atoms with Gasteiger partial charge in [-0.1, -0.05) is 0 Å². The van der Waals surface area contributed by atoms with Crippen LogP contribution in [0.2, 0.25) is 0 Å². The second kappa shape index (κ2) is 6.88. The van der Waals surface area contributed by atoms with Crippen molar-refractivity contribution in [3.05, 3.63) is 26.6 Å². The van der Waals surface area contributed by atoms with Crippen LogP contribution in [0.25, 0.3) is 10.2 Å². The maximum absolute atomic E-state index is 12.5. The Morgan fingerprint density at radius 1 is 1.36 bits per heavy atom. The van der Waals surface area contributed by atoms with Crippen LogP contribution in [0.4, 0.5) is 0 Å². The highest BCUT2D eigenvalue weighted by molar-refractivity contribution is 7.18. The number of aromatic amines is 1. The number of nitrogens with zero attached hydrogens (tertiary/aromatic N) is 1. The van der Waals surface area contributed by atoms with Gasteiger partial charge < -0.3 is 15.2 Å². The smallest absolute Gasteiger partial charge is 0.275 e. The largest absolute Gasteiger partial charge is 0.347 e. The minimum atomic E-state index is -0.237. The topological polar surface area (TPSA) is 79.3 Å². The van der Waals surface area contributed by atoms with E-state index < -0.39 is 0 Å². The Kier molecular flexibility index (Phi) is 4.97. The Morgan fingerprint density at radius 2 is 2.12 bits per heavy atom. The van der Waals surface area contributed by atoms with E-state index >= 15 is 0 Å². The maximum Gasteiger partial charge on any atom is 0.275 e. The van der Waals surface area contributed by atoms with E-state index in [0.717, 1.165) is 40.9 Å². The van der Waals surface area contributed by atoms with Crippen molar-refractivity contribution in [2.24, 2.45) is 0 Å². The van der Waals surface area contributed by atoms with Crippen LogP contribution in [-0.2, 0) is 24.2 Å². The van der Waals surface area contributed by atoms with Gasteiger partial charge in [-0.15, -0.1) is 11.3 Å². The summed E-state index contributed by atoms with van der Waals surface area (Å²) in [7, 11) is 0. The summed E-state index contributed by atoms with van der Waals surface area (Å²) in [4.78, 5) is 35.5. The first kappa shape index (κ1) is 18.1. The maximum atomic E-state index is 12.5. The number of quaternary nitrogens is 1. The molecule has 0 aliphatic heterocycles. The average molecular weight is 364 g/mol. The van der Waals surface area contributed by atoms with Crippen LogP contribution in [0.1, 0.15) is 50.4 Å². The third kappa shape index (κ3) is 4.10. The molecule has 0 saturated carbocycles. The molecule has 0 spiro atoms. The van der Waals surface area contributed by atoms with Gasteiger partial charge in [-0.05, 0) is 52.5 Å². The number of nitrogens with one attached hydrogen (secondary N) is 3. The summed E-state index contributed by atoms with van der Waals surface area (Å²) in [6.45, 7) is 9.66. The van der Waals surface area contributed by atoms with E-state index in [1.807, 2.05) is 27.7 Å². The molecule has 6 nitrogen and oxygen atoms in total. The monoisotopic (exact) mass is 363 g/mol. The van der Waals surface area contributed by atoms with E-state index in [2.05, 4.69) is 15.3 Å². The van der Waals surface area contributed by atoms with Crippen molar-refractivity contribution in [3.8, 4) is 0 Å². The molecule has 0 saturated heterocycles. The van der Waals surface area contributed by atoms with Crippen molar-refractivity contribution in [1.82, 2.24) is 15.3 Å². The summed E-state index contributed by atoms with van der Waals surface area (Å²) >= 11 is 1.65. The van der Waals surface area contributed by atoms with Gasteiger partial charge in [0.25, 0.3) is 11.5 Å². The number of fused-ring (bicyclic) bond motifs is 3. The van der Waals surface area contributed by atoms with E-state index in [1.165, 1.54) is 10.4 Å². The number of carbonyl (C=O) groups excluding carboxylic acids is 1. The number of H-pyrrole nitrogens is 1. The molecule has 1 aliphatic carbocycles. The summed E-state index contributed by atoms with van der Waals surface area (Å²) in [5, 5.41) is 3.77. The van der Waals surface area contributed by atoms with Crippen LogP contribution < -0.4 is 15.8 Å². The second-order valence-corrected chi connectivity index (χ2v) is 8.89. The lowest BCUT2D eigenvalue weighted by Gasteiger charge is -2.23. The zero-order chi connectivity index (χ0) is 18.2. The Morgan fingerprint density at radius 3 is 2.80 bits per heavy atom. The highest BCUT2D eigenvalue weighted by Gasteiger charge is 2.23. The molecule has 1 unspecified atom stereocenters. The van der Waals surface area contributed by atoms with Crippen molar-refractivity contribution in [2.75, 3.05) is 13.1 Å². The summed E-state index contributed by atoms with van der Waals surface area (Å²) in [5.41, 5.74) is 0.928. The summed E-state index contributed by atoms with van der Waals surface area (Å²) in [6, 6.07) is 0. The first-order valence-electron chi connectivity index (χ1n) is 8.95. The van der Waals surface area contributed by atoms with Crippen molar-refractivity contribution in [1.29, 1.82) is 0 Å². The van der Waals surface area contributed by atoms with Crippen molar-refractivity contribution in [3.63, 3.8) is 0 Å². The molecule has 25 heavy (non-hydrogen) atoms. The zero-order valence-corrected chi connectivity index (χ0v) is 16.2. The van der Waals surface area contributed by atoms with E-state index in [9.17, 15) is 9.59 Å². The minimum absolute atomic E-state index is 0.0166. The Balaban J connectivity index is 1.77. The van der Waals surface area contributed by atoms with Crippen molar-refractivity contribution >= 4 is 27.5 Å². The normalized spacial score (nSPS) is 15.4. The first-order chi connectivity index (χ1) is 11.8. The van der Waals surface area contributed by atoms with Crippen LogP contribution in [-0.4, -0.2) is 34.5 Å². The number of carbonyl (C=O) groups is 1. The molecule has 1 atom stereocenters. The molecule has 1 aliphatic rings. The van der Waals surface area contributed by atoms with Gasteiger partial charge in [-0.3, -0.25) is 9.59 Å². The highest BCUT2D eigenvalue weighted by atomic mass is 32.1. The third-order valence-electron chi connectivity index (χ3n) is 4.47. The number of amides is 1. The number of aromatic nitrogens is 2. The van der Waals surface area contributed by atoms with E-state index in [-0.39, 0.29) is 17.0 Å².